The van der Waals surface area contributed by atoms with Crippen LogP contribution in [0.3, 0.4) is 0 Å². The van der Waals surface area contributed by atoms with Gasteiger partial charge in [0.1, 0.15) is 0 Å². The van der Waals surface area contributed by atoms with Gasteiger partial charge in [-0.1, -0.05) is 25.6 Å². The Morgan fingerprint density at radius 1 is 1.56 bits per heavy atom. The molecule has 8 heteroatoms. The monoisotopic (exact) mass is 268 g/mol. The molecule has 0 saturated carbocycles. The summed E-state index contributed by atoms with van der Waals surface area (Å²) in [6.45, 7) is 1.87. The highest BCUT2D eigenvalue weighted by Crippen LogP contribution is 2.00. The zero-order chi connectivity index (χ0) is 12.8. The third-order valence-electron chi connectivity index (χ3n) is 1.78. The van der Waals surface area contributed by atoms with Gasteiger partial charge in [-0.25, -0.2) is 13.1 Å². The van der Waals surface area contributed by atoms with Crippen molar-refractivity contribution >= 4 is 33.2 Å². The average Bonchev–Trinajstić information content (AvgIpc) is 2.15. The highest BCUT2D eigenvalue weighted by Gasteiger charge is 2.22. The second kappa shape index (κ2) is 6.77. The van der Waals surface area contributed by atoms with Crippen LogP contribution in [0, 0.1) is 0 Å². The summed E-state index contributed by atoms with van der Waals surface area (Å²) in [5.74, 6) is -1.56. The van der Waals surface area contributed by atoms with Crippen LogP contribution in [0.5, 0.6) is 0 Å². The van der Waals surface area contributed by atoms with Crippen LogP contribution in [0.2, 0.25) is 0 Å². The average molecular weight is 268 g/mol. The molecule has 0 heterocycles. The second-order valence-corrected chi connectivity index (χ2v) is 5.42. The molecule has 0 amide bonds. The minimum atomic E-state index is -3.75. The molecule has 0 radical (unpaired) electrons. The van der Waals surface area contributed by atoms with Gasteiger partial charge in [0, 0.05) is 0 Å². The number of nitrogens with one attached hydrogen (secondary N) is 1. The third-order valence-corrected chi connectivity index (χ3v) is 3.32. The van der Waals surface area contributed by atoms with Crippen molar-refractivity contribution in [3.63, 3.8) is 0 Å². The number of hydrogen-bond acceptors (Lipinski definition) is 5. The summed E-state index contributed by atoms with van der Waals surface area (Å²) in [5.41, 5.74) is 5.38. The minimum Gasteiger partial charge on any atom is -0.468 e. The maximum absolute atomic E-state index is 11.5. The topological polar surface area (TPSA) is 98.5 Å². The van der Waals surface area contributed by atoms with Crippen molar-refractivity contribution in [3.8, 4) is 0 Å². The fourth-order valence-corrected chi connectivity index (χ4v) is 2.46. The van der Waals surface area contributed by atoms with Crippen molar-refractivity contribution in [2.24, 2.45) is 5.73 Å². The highest BCUT2D eigenvalue weighted by atomic mass is 32.2. The number of thiocarbonyl (C=S) groups is 1. The van der Waals surface area contributed by atoms with Gasteiger partial charge >= 0.3 is 5.97 Å². The molecule has 3 N–H and O–H groups in total. The van der Waals surface area contributed by atoms with Crippen molar-refractivity contribution in [1.82, 2.24) is 4.72 Å². The number of sulfonamides is 1. The first kappa shape index (κ1) is 15.3. The Morgan fingerprint density at radius 3 is 2.50 bits per heavy atom. The van der Waals surface area contributed by atoms with Crippen molar-refractivity contribution in [3.05, 3.63) is 0 Å². The zero-order valence-electron chi connectivity index (χ0n) is 9.23. The molecule has 1 unspecified atom stereocenters. The predicted octanol–water partition coefficient (Wildman–Crippen LogP) is -0.466. The van der Waals surface area contributed by atoms with Crippen LogP contribution in [0.1, 0.15) is 19.8 Å². The van der Waals surface area contributed by atoms with Crippen molar-refractivity contribution in [2.75, 3.05) is 12.9 Å². The Bertz CT molecular complexity index is 353. The Labute approximate surface area is 101 Å². The van der Waals surface area contributed by atoms with Crippen molar-refractivity contribution < 1.29 is 17.9 Å². The van der Waals surface area contributed by atoms with E-state index in [0.29, 0.717) is 6.42 Å². The standard InChI is InChI=1S/C8H16N2O4S2/c1-3-4-6(8(9)15)10-16(12,13)5-7(11)14-2/h6,10H,3-5H2,1-2H3,(H2,9,15). The number of carbonyl (C=O) groups excluding carboxylic acids is 1. The lowest BCUT2D eigenvalue weighted by molar-refractivity contribution is -0.137. The van der Waals surface area contributed by atoms with Crippen LogP contribution < -0.4 is 10.5 Å². The Hall–Kier alpha value is -0.730. The summed E-state index contributed by atoms with van der Waals surface area (Å²) in [6, 6.07) is -0.616. The Kier molecular flexibility index (Phi) is 6.46. The SMILES string of the molecule is CCCC(NS(=O)(=O)CC(=O)OC)C(N)=S. The number of methoxy groups -OCH3 is 1. The lowest BCUT2D eigenvalue weighted by Gasteiger charge is -2.15. The molecule has 0 aliphatic carbocycles. The first-order chi connectivity index (χ1) is 7.32. The molecule has 6 nitrogen and oxygen atoms in total. The first-order valence-electron chi connectivity index (χ1n) is 4.68. The quantitative estimate of drug-likeness (QED) is 0.478. The summed E-state index contributed by atoms with van der Waals surface area (Å²) in [5, 5.41) is 0. The van der Waals surface area contributed by atoms with Crippen LogP contribution in [-0.4, -0.2) is 38.3 Å². The van der Waals surface area contributed by atoms with Gasteiger partial charge in [-0.05, 0) is 6.42 Å². The number of hydrogen-bond donors (Lipinski definition) is 2. The molecule has 94 valence electrons. The van der Waals surface area contributed by atoms with E-state index in [-0.39, 0.29) is 4.99 Å². The number of carbonyl (C=O) groups is 1. The van der Waals surface area contributed by atoms with Gasteiger partial charge in [0.15, 0.2) is 5.75 Å². The fourth-order valence-electron chi connectivity index (χ4n) is 1.02. The number of nitrogens with two attached hydrogens (primary N) is 1. The molecule has 0 aliphatic rings. The molecular formula is C8H16N2O4S2. The van der Waals surface area contributed by atoms with E-state index in [9.17, 15) is 13.2 Å². The Balaban J connectivity index is 4.54. The molecule has 0 aromatic carbocycles. The van der Waals surface area contributed by atoms with Crippen LogP contribution in [0.25, 0.3) is 0 Å². The maximum atomic E-state index is 11.5. The molecule has 0 aliphatic heterocycles. The van der Waals surface area contributed by atoms with Crippen LogP contribution >= 0.6 is 12.2 Å². The van der Waals surface area contributed by atoms with E-state index in [0.717, 1.165) is 13.5 Å². The molecule has 0 aromatic heterocycles. The van der Waals surface area contributed by atoms with Crippen LogP contribution in [0.4, 0.5) is 0 Å². The first-order valence-corrected chi connectivity index (χ1v) is 6.74. The second-order valence-electron chi connectivity index (χ2n) is 3.20. The largest absolute Gasteiger partial charge is 0.468 e. The molecule has 0 spiro atoms. The van der Waals surface area contributed by atoms with Gasteiger partial charge in [-0.2, -0.15) is 0 Å². The summed E-state index contributed by atoms with van der Waals surface area (Å²) in [6.07, 6.45) is 1.22. The molecule has 1 atom stereocenters. The normalized spacial score (nSPS) is 13.1. The molecular weight excluding hydrogens is 252 g/mol. The highest BCUT2D eigenvalue weighted by molar-refractivity contribution is 7.90. The molecule has 0 rings (SSSR count). The van der Waals surface area contributed by atoms with E-state index < -0.39 is 27.8 Å². The Morgan fingerprint density at radius 2 is 2.12 bits per heavy atom. The van der Waals surface area contributed by atoms with Gasteiger partial charge in [0.2, 0.25) is 10.0 Å². The lowest BCUT2D eigenvalue weighted by Crippen LogP contribution is -2.45. The van der Waals surface area contributed by atoms with E-state index in [4.69, 9.17) is 18.0 Å². The number of ether oxygens (including phenoxy) is 1. The number of esters is 1. The van der Waals surface area contributed by atoms with Crippen molar-refractivity contribution in [1.29, 1.82) is 0 Å². The van der Waals surface area contributed by atoms with Crippen LogP contribution in [-0.2, 0) is 19.6 Å². The summed E-state index contributed by atoms with van der Waals surface area (Å²) >= 11 is 4.73. The molecule has 16 heavy (non-hydrogen) atoms. The van der Waals surface area contributed by atoms with E-state index in [1.54, 1.807) is 0 Å². The fraction of sp³-hybridized carbons (Fsp3) is 0.750. The van der Waals surface area contributed by atoms with Gasteiger partial charge in [0.05, 0.1) is 18.1 Å². The lowest BCUT2D eigenvalue weighted by atomic mass is 10.2. The van der Waals surface area contributed by atoms with Gasteiger partial charge in [-0.3, -0.25) is 4.79 Å². The van der Waals surface area contributed by atoms with Crippen molar-refractivity contribution in [2.45, 2.75) is 25.8 Å². The summed E-state index contributed by atoms with van der Waals surface area (Å²) < 4.78 is 29.5. The zero-order valence-corrected chi connectivity index (χ0v) is 10.9. The maximum Gasteiger partial charge on any atom is 0.322 e. The van der Waals surface area contributed by atoms with Crippen LogP contribution in [0.15, 0.2) is 0 Å². The van der Waals surface area contributed by atoms with E-state index >= 15 is 0 Å². The third kappa shape index (κ3) is 5.99. The van der Waals surface area contributed by atoms with Gasteiger partial charge in [0.25, 0.3) is 0 Å². The minimum absolute atomic E-state index is 0.0651. The molecule has 0 saturated heterocycles. The van der Waals surface area contributed by atoms with E-state index in [2.05, 4.69) is 9.46 Å². The van der Waals surface area contributed by atoms with Gasteiger partial charge < -0.3 is 10.5 Å². The van der Waals surface area contributed by atoms with E-state index in [1.807, 2.05) is 6.92 Å². The summed E-state index contributed by atoms with van der Waals surface area (Å²) in [7, 11) is -2.63. The van der Waals surface area contributed by atoms with E-state index in [1.165, 1.54) is 0 Å². The smallest absolute Gasteiger partial charge is 0.322 e. The molecule has 0 aromatic rings. The predicted molar refractivity (Wildman–Crippen MR) is 64.4 cm³/mol. The number of rotatable bonds is 7. The van der Waals surface area contributed by atoms with Gasteiger partial charge in [-0.15, -0.1) is 0 Å². The summed E-state index contributed by atoms with van der Waals surface area (Å²) in [4.78, 5) is 10.9. The molecule has 0 bridgehead atoms. The molecule has 0 fully saturated rings.